The van der Waals surface area contributed by atoms with Gasteiger partial charge in [0, 0.05) is 13.0 Å². The lowest BCUT2D eigenvalue weighted by molar-refractivity contribution is -0.142. The maximum absolute atomic E-state index is 13.6. The molecule has 1 aromatic carbocycles. The average Bonchev–Trinajstić information content (AvgIpc) is 3.56. The Balaban J connectivity index is 2.19. The summed E-state index contributed by atoms with van der Waals surface area (Å²) in [7, 11) is 0. The van der Waals surface area contributed by atoms with Crippen molar-refractivity contribution in [1.29, 1.82) is 0 Å². The zero-order valence-electron chi connectivity index (χ0n) is 27.4. The third kappa shape index (κ3) is 13.3. The molecule has 1 aliphatic heterocycles. The van der Waals surface area contributed by atoms with E-state index in [4.69, 9.17) is 16.6 Å². The minimum absolute atomic E-state index is 0.100. The number of aliphatic carboxylic acids is 1. The van der Waals surface area contributed by atoms with Gasteiger partial charge >= 0.3 is 5.97 Å². The minimum Gasteiger partial charge on any atom is -0.480 e. The van der Waals surface area contributed by atoms with Crippen molar-refractivity contribution in [3.63, 3.8) is 0 Å². The standard InChI is InChI=1S/C31H49N9O7/c1-17(2)24(29(45)37-19(4)30(46)47)40-25(41)18(3)36-27(43)22(13-9-15-35-31(32)33)38-28(44)23(16-20-10-6-5-7-11-20)39-26(42)21-12-8-14-34-21/h5-7,10-11,17-19,21-24,34H,8-9,12-16H2,1-4H3,(H,36,43)(H,37,45)(H,38,44)(H,39,42)(H,40,41)(H,46,47)(H4,32,33,35)/t18-,19-,21-,22-,23-,24-/m0/s1. The van der Waals surface area contributed by atoms with Gasteiger partial charge < -0.3 is 48.5 Å². The monoisotopic (exact) mass is 659 g/mol. The molecule has 0 radical (unpaired) electrons. The highest BCUT2D eigenvalue weighted by Gasteiger charge is 2.32. The first-order chi connectivity index (χ1) is 22.2. The van der Waals surface area contributed by atoms with Crippen LogP contribution in [-0.4, -0.2) is 95.9 Å². The molecule has 1 saturated heterocycles. The van der Waals surface area contributed by atoms with Gasteiger partial charge in [0.05, 0.1) is 6.04 Å². The van der Waals surface area contributed by atoms with Crippen LogP contribution in [0.2, 0.25) is 0 Å². The fraction of sp³-hybridized carbons (Fsp3) is 0.581. The highest BCUT2D eigenvalue weighted by atomic mass is 16.4. The normalized spacial score (nSPS) is 17.3. The summed E-state index contributed by atoms with van der Waals surface area (Å²) in [4.78, 5) is 80.9. The molecule has 1 aliphatic rings. The number of hydrogen-bond donors (Lipinski definition) is 9. The van der Waals surface area contributed by atoms with Crippen molar-refractivity contribution >= 4 is 41.5 Å². The van der Waals surface area contributed by atoms with Crippen LogP contribution in [0, 0.1) is 5.92 Å². The van der Waals surface area contributed by atoms with Crippen LogP contribution in [-0.2, 0) is 35.2 Å². The zero-order valence-corrected chi connectivity index (χ0v) is 27.4. The fourth-order valence-electron chi connectivity index (χ4n) is 4.84. The first-order valence-corrected chi connectivity index (χ1v) is 15.8. The van der Waals surface area contributed by atoms with Crippen molar-refractivity contribution in [2.75, 3.05) is 13.1 Å². The summed E-state index contributed by atoms with van der Waals surface area (Å²) >= 11 is 0. The van der Waals surface area contributed by atoms with Crippen LogP contribution in [0.3, 0.4) is 0 Å². The Morgan fingerprint density at radius 3 is 2.06 bits per heavy atom. The number of rotatable bonds is 18. The second-order valence-electron chi connectivity index (χ2n) is 11.9. The fourth-order valence-corrected chi connectivity index (χ4v) is 4.84. The van der Waals surface area contributed by atoms with E-state index in [1.807, 2.05) is 30.3 Å². The largest absolute Gasteiger partial charge is 0.480 e. The van der Waals surface area contributed by atoms with Crippen LogP contribution in [0.1, 0.15) is 58.9 Å². The van der Waals surface area contributed by atoms with E-state index in [0.717, 1.165) is 12.0 Å². The van der Waals surface area contributed by atoms with Gasteiger partial charge in [-0.1, -0.05) is 44.2 Å². The van der Waals surface area contributed by atoms with Crippen molar-refractivity contribution in [3.8, 4) is 0 Å². The van der Waals surface area contributed by atoms with Crippen molar-refractivity contribution in [3.05, 3.63) is 35.9 Å². The number of nitrogens with two attached hydrogens (primary N) is 2. The predicted molar refractivity (Wildman–Crippen MR) is 175 cm³/mol. The molecule has 1 aromatic rings. The molecule has 47 heavy (non-hydrogen) atoms. The Morgan fingerprint density at radius 1 is 0.851 bits per heavy atom. The molecule has 0 aliphatic carbocycles. The molecule has 0 aromatic heterocycles. The lowest BCUT2D eigenvalue weighted by Gasteiger charge is -2.27. The van der Waals surface area contributed by atoms with Gasteiger partial charge in [-0.15, -0.1) is 0 Å². The average molecular weight is 660 g/mol. The van der Waals surface area contributed by atoms with Crippen LogP contribution in [0.15, 0.2) is 35.3 Å². The van der Waals surface area contributed by atoms with E-state index < -0.39 is 71.8 Å². The van der Waals surface area contributed by atoms with Gasteiger partial charge in [0.25, 0.3) is 0 Å². The maximum Gasteiger partial charge on any atom is 0.325 e. The first kappa shape index (κ1) is 38.5. The summed E-state index contributed by atoms with van der Waals surface area (Å²) in [5.41, 5.74) is 11.6. The van der Waals surface area contributed by atoms with Crippen molar-refractivity contribution < 1.29 is 33.9 Å². The minimum atomic E-state index is -1.23. The van der Waals surface area contributed by atoms with Crippen molar-refractivity contribution in [2.24, 2.45) is 22.4 Å². The second kappa shape index (κ2) is 19.1. The first-order valence-electron chi connectivity index (χ1n) is 15.8. The molecule has 0 spiro atoms. The molecular formula is C31H49N9O7. The maximum atomic E-state index is 13.6. The third-order valence-corrected chi connectivity index (χ3v) is 7.60. The molecule has 1 fully saturated rings. The molecule has 2 rings (SSSR count). The van der Waals surface area contributed by atoms with E-state index in [9.17, 15) is 28.8 Å². The predicted octanol–water partition coefficient (Wildman–Crippen LogP) is -1.76. The van der Waals surface area contributed by atoms with E-state index in [-0.39, 0.29) is 31.3 Å². The highest BCUT2D eigenvalue weighted by molar-refractivity contribution is 5.96. The number of carbonyl (C=O) groups excluding carboxylic acids is 5. The quantitative estimate of drug-likeness (QED) is 0.0487. The topological polar surface area (TPSA) is 259 Å². The molecule has 16 heteroatoms. The number of nitrogens with one attached hydrogen (secondary N) is 6. The molecular weight excluding hydrogens is 610 g/mol. The lowest BCUT2D eigenvalue weighted by Crippen LogP contribution is -2.59. The molecule has 260 valence electrons. The van der Waals surface area contributed by atoms with E-state index in [2.05, 4.69) is 36.9 Å². The number of carbonyl (C=O) groups is 6. The van der Waals surface area contributed by atoms with Crippen LogP contribution < -0.4 is 43.4 Å². The summed E-state index contributed by atoms with van der Waals surface area (Å²) in [5.74, 6) is -4.75. The SMILES string of the molecule is CC(C)[C@H](NC(=O)[C@H](C)NC(=O)[C@H](CCCN=C(N)N)NC(=O)[C@H](Cc1ccccc1)NC(=O)[C@@H]1CCCN1)C(=O)N[C@@H](C)C(=O)O. The molecule has 11 N–H and O–H groups in total. The number of aliphatic imine (C=N–C) groups is 1. The molecule has 16 nitrogen and oxygen atoms in total. The highest BCUT2D eigenvalue weighted by Crippen LogP contribution is 2.10. The number of benzene rings is 1. The van der Waals surface area contributed by atoms with Gasteiger partial charge in [0.15, 0.2) is 5.96 Å². The molecule has 1 heterocycles. The van der Waals surface area contributed by atoms with E-state index in [0.29, 0.717) is 19.4 Å². The van der Waals surface area contributed by atoms with Gasteiger partial charge in [-0.2, -0.15) is 0 Å². The van der Waals surface area contributed by atoms with Crippen LogP contribution in [0.5, 0.6) is 0 Å². The Morgan fingerprint density at radius 2 is 1.49 bits per heavy atom. The van der Waals surface area contributed by atoms with Crippen LogP contribution in [0.25, 0.3) is 0 Å². The van der Waals surface area contributed by atoms with Gasteiger partial charge in [0.2, 0.25) is 29.5 Å². The van der Waals surface area contributed by atoms with Gasteiger partial charge in [-0.25, -0.2) is 0 Å². The smallest absolute Gasteiger partial charge is 0.325 e. The number of carboxylic acids is 1. The van der Waals surface area contributed by atoms with Crippen molar-refractivity contribution in [1.82, 2.24) is 31.9 Å². The summed E-state index contributed by atoms with van der Waals surface area (Å²) < 4.78 is 0. The Bertz CT molecular complexity index is 1270. The third-order valence-electron chi connectivity index (χ3n) is 7.60. The van der Waals surface area contributed by atoms with E-state index in [1.165, 1.54) is 13.8 Å². The van der Waals surface area contributed by atoms with E-state index in [1.54, 1.807) is 13.8 Å². The van der Waals surface area contributed by atoms with Crippen molar-refractivity contribution in [2.45, 2.75) is 96.1 Å². The van der Waals surface area contributed by atoms with Gasteiger partial charge in [-0.05, 0) is 57.6 Å². The molecule has 5 amide bonds. The molecule has 0 saturated carbocycles. The summed E-state index contributed by atoms with van der Waals surface area (Å²) in [5, 5.41) is 25.2. The summed E-state index contributed by atoms with van der Waals surface area (Å²) in [6.45, 7) is 6.93. The Kier molecular flexibility index (Phi) is 15.6. The molecule has 0 unspecified atom stereocenters. The number of carboxylic acid groups (broad SMARTS) is 1. The van der Waals surface area contributed by atoms with E-state index >= 15 is 0 Å². The molecule has 0 bridgehead atoms. The zero-order chi connectivity index (χ0) is 35.1. The van der Waals surface area contributed by atoms with Gasteiger partial charge in [-0.3, -0.25) is 33.8 Å². The number of hydrogen-bond acceptors (Lipinski definition) is 8. The number of guanidine groups is 1. The van der Waals surface area contributed by atoms with Gasteiger partial charge in [0.1, 0.15) is 30.2 Å². The summed E-state index contributed by atoms with van der Waals surface area (Å²) in [6.07, 6.45) is 2.05. The second-order valence-corrected chi connectivity index (χ2v) is 11.9. The Hall–Kier alpha value is -4.73. The summed E-state index contributed by atoms with van der Waals surface area (Å²) in [6, 6.07) is 3.17. The lowest BCUT2D eigenvalue weighted by atomic mass is 10.0. The Labute approximate surface area is 274 Å². The van der Waals surface area contributed by atoms with Crippen LogP contribution >= 0.6 is 0 Å². The number of amides is 5. The molecule has 6 atom stereocenters. The van der Waals surface area contributed by atoms with Crippen LogP contribution in [0.4, 0.5) is 0 Å². The number of nitrogens with zero attached hydrogens (tertiary/aromatic N) is 1.